The van der Waals surface area contributed by atoms with Crippen molar-refractivity contribution in [1.82, 2.24) is 0 Å². The van der Waals surface area contributed by atoms with E-state index < -0.39 is 36.7 Å². The molecule has 0 fully saturated rings. The molecule has 1 nitrogen and oxygen atoms in total. The molecule has 0 aliphatic carbocycles. The van der Waals surface area contributed by atoms with E-state index in [1.807, 2.05) is 0 Å². The van der Waals surface area contributed by atoms with Crippen LogP contribution in [0.5, 0.6) is 0 Å². The lowest BCUT2D eigenvalue weighted by atomic mass is 10.0. The monoisotopic (exact) mass is 282 g/mol. The van der Waals surface area contributed by atoms with Crippen molar-refractivity contribution < 1.29 is 49.0 Å². The second kappa shape index (κ2) is 4.18. The molecule has 0 spiro atoms. The highest BCUT2D eigenvalue weighted by Crippen LogP contribution is 2.54. The molecule has 0 amide bonds. The molecule has 0 heterocycles. The molecule has 17 heavy (non-hydrogen) atoms. The number of hydrogen-bond donors (Lipinski definition) is 1. The zero-order valence-corrected chi connectivity index (χ0v) is 7.51. The highest BCUT2D eigenvalue weighted by atomic mass is 19.4. The summed E-state index contributed by atoms with van der Waals surface area (Å²) in [6.07, 6.45) is -11.2. The first-order valence-electron chi connectivity index (χ1n) is 3.68. The average Bonchev–Trinajstić information content (AvgIpc) is 2.13. The van der Waals surface area contributed by atoms with Crippen molar-refractivity contribution in [3.05, 3.63) is 0 Å². The molecule has 0 aromatic heterocycles. The molecule has 0 aromatic rings. The predicted molar refractivity (Wildman–Crippen MR) is 32.9 cm³/mol. The van der Waals surface area contributed by atoms with Gasteiger partial charge in [-0.1, -0.05) is 0 Å². The van der Waals surface area contributed by atoms with Crippen molar-refractivity contribution in [2.75, 3.05) is 6.61 Å². The molecule has 0 aromatic carbocycles. The maximum atomic E-state index is 12.4. The highest BCUT2D eigenvalue weighted by molar-refractivity contribution is 5.03. The topological polar surface area (TPSA) is 20.2 Å². The Morgan fingerprint density at radius 2 is 1.12 bits per heavy atom. The Morgan fingerprint density at radius 3 is 1.35 bits per heavy atom. The molecule has 0 saturated heterocycles. The standard InChI is InChI=1S/C6H4F10O/c7-2(1-17)3(8,9)4(10,11)5(12,13)6(14,15)16/h2,17H,1H2. The molecule has 0 bridgehead atoms. The first kappa shape index (κ1) is 16.3. The van der Waals surface area contributed by atoms with E-state index >= 15 is 0 Å². The van der Waals surface area contributed by atoms with Gasteiger partial charge in [0.05, 0.1) is 6.61 Å². The van der Waals surface area contributed by atoms with Crippen LogP contribution >= 0.6 is 0 Å². The number of aliphatic hydroxyl groups is 1. The summed E-state index contributed by atoms with van der Waals surface area (Å²) in [7, 11) is 0. The van der Waals surface area contributed by atoms with Crippen molar-refractivity contribution in [3.63, 3.8) is 0 Å². The number of aliphatic hydroxyl groups excluding tert-OH is 1. The molecule has 0 aliphatic heterocycles. The molecule has 0 radical (unpaired) electrons. The van der Waals surface area contributed by atoms with Gasteiger partial charge in [-0.05, 0) is 0 Å². The van der Waals surface area contributed by atoms with Crippen molar-refractivity contribution in [1.29, 1.82) is 0 Å². The molecule has 0 saturated carbocycles. The average molecular weight is 282 g/mol. The van der Waals surface area contributed by atoms with Crippen LogP contribution in [-0.2, 0) is 0 Å². The van der Waals surface area contributed by atoms with Crippen LogP contribution < -0.4 is 0 Å². The summed E-state index contributed by atoms with van der Waals surface area (Å²) >= 11 is 0. The minimum atomic E-state index is -7.14. The number of halogens is 10. The Balaban J connectivity index is 5.55. The molecule has 1 unspecified atom stereocenters. The van der Waals surface area contributed by atoms with Crippen molar-refractivity contribution in [3.8, 4) is 0 Å². The minimum absolute atomic E-state index is 2.34. The lowest BCUT2D eigenvalue weighted by Crippen LogP contribution is -2.64. The molecule has 104 valence electrons. The van der Waals surface area contributed by atoms with Gasteiger partial charge in [0, 0.05) is 0 Å². The third kappa shape index (κ3) is 2.29. The smallest absolute Gasteiger partial charge is 0.393 e. The van der Waals surface area contributed by atoms with Crippen LogP contribution in [0.2, 0.25) is 0 Å². The lowest BCUT2D eigenvalue weighted by Gasteiger charge is -2.34. The van der Waals surface area contributed by atoms with Crippen LogP contribution in [0, 0.1) is 0 Å². The van der Waals surface area contributed by atoms with E-state index in [1.54, 1.807) is 0 Å². The SMILES string of the molecule is OCC(F)C(F)(F)C(F)(F)C(F)(F)C(F)(F)F. The van der Waals surface area contributed by atoms with Crippen LogP contribution in [-0.4, -0.2) is 41.8 Å². The van der Waals surface area contributed by atoms with Gasteiger partial charge in [-0.25, -0.2) is 4.39 Å². The summed E-state index contributed by atoms with van der Waals surface area (Å²) in [4.78, 5) is 0. The third-order valence-corrected chi connectivity index (χ3v) is 1.72. The largest absolute Gasteiger partial charge is 0.460 e. The van der Waals surface area contributed by atoms with Gasteiger partial charge in [0.25, 0.3) is 0 Å². The molecule has 11 heteroatoms. The summed E-state index contributed by atoms with van der Waals surface area (Å²) < 4.78 is 120. The van der Waals surface area contributed by atoms with E-state index in [9.17, 15) is 43.9 Å². The summed E-state index contributed by atoms with van der Waals surface area (Å²) in [6.45, 7) is -2.34. The highest BCUT2D eigenvalue weighted by Gasteiger charge is 2.83. The number of hydrogen-bond acceptors (Lipinski definition) is 1. The number of rotatable bonds is 4. The first-order valence-corrected chi connectivity index (χ1v) is 3.68. The van der Waals surface area contributed by atoms with Gasteiger partial charge in [0.15, 0.2) is 6.17 Å². The molecule has 1 N–H and O–H groups in total. The normalized spacial score (nSPS) is 17.1. The van der Waals surface area contributed by atoms with Crippen LogP contribution in [0.25, 0.3) is 0 Å². The van der Waals surface area contributed by atoms with Gasteiger partial charge in [-0.3, -0.25) is 0 Å². The predicted octanol–water partition coefficient (Wildman–Crippen LogP) is 2.79. The van der Waals surface area contributed by atoms with Gasteiger partial charge < -0.3 is 5.11 Å². The Kier molecular flexibility index (Phi) is 3.99. The fourth-order valence-corrected chi connectivity index (χ4v) is 0.699. The van der Waals surface area contributed by atoms with Crippen LogP contribution in [0.4, 0.5) is 43.9 Å². The van der Waals surface area contributed by atoms with Gasteiger partial charge in [-0.15, -0.1) is 0 Å². The Labute approximate surface area is 87.0 Å². The fraction of sp³-hybridized carbons (Fsp3) is 1.00. The summed E-state index contributed by atoms with van der Waals surface area (Å²) in [6, 6.07) is 0. The molecule has 0 aliphatic rings. The quantitative estimate of drug-likeness (QED) is 0.786. The molecule has 0 rings (SSSR count). The summed E-state index contributed by atoms with van der Waals surface area (Å²) in [5.74, 6) is -20.5. The Bertz CT molecular complexity index is 268. The molecular formula is C6H4F10O. The molecular weight excluding hydrogens is 278 g/mol. The maximum absolute atomic E-state index is 12.4. The van der Waals surface area contributed by atoms with Crippen molar-refractivity contribution in [2.45, 2.75) is 30.1 Å². The van der Waals surface area contributed by atoms with Gasteiger partial charge in [-0.2, -0.15) is 39.5 Å². The van der Waals surface area contributed by atoms with E-state index in [0.717, 1.165) is 0 Å². The van der Waals surface area contributed by atoms with Gasteiger partial charge >= 0.3 is 23.9 Å². The Morgan fingerprint density at radius 1 is 0.765 bits per heavy atom. The van der Waals surface area contributed by atoms with E-state index in [0.29, 0.717) is 0 Å². The summed E-state index contributed by atoms with van der Waals surface area (Å²) in [5.41, 5.74) is 0. The van der Waals surface area contributed by atoms with Crippen LogP contribution in [0.3, 0.4) is 0 Å². The first-order chi connectivity index (χ1) is 7.23. The zero-order valence-electron chi connectivity index (χ0n) is 7.51. The van der Waals surface area contributed by atoms with Gasteiger partial charge in [0.1, 0.15) is 0 Å². The van der Waals surface area contributed by atoms with E-state index in [2.05, 4.69) is 0 Å². The summed E-state index contributed by atoms with van der Waals surface area (Å²) in [5, 5.41) is 7.79. The number of alkyl halides is 10. The van der Waals surface area contributed by atoms with Crippen LogP contribution in [0.15, 0.2) is 0 Å². The van der Waals surface area contributed by atoms with E-state index in [-0.39, 0.29) is 0 Å². The minimum Gasteiger partial charge on any atom is -0.393 e. The van der Waals surface area contributed by atoms with Gasteiger partial charge in [0.2, 0.25) is 0 Å². The maximum Gasteiger partial charge on any atom is 0.460 e. The van der Waals surface area contributed by atoms with Crippen LogP contribution in [0.1, 0.15) is 0 Å². The van der Waals surface area contributed by atoms with Crippen molar-refractivity contribution >= 4 is 0 Å². The van der Waals surface area contributed by atoms with Crippen molar-refractivity contribution in [2.24, 2.45) is 0 Å². The fourth-order valence-electron chi connectivity index (χ4n) is 0.699. The second-order valence-electron chi connectivity index (χ2n) is 2.92. The second-order valence-corrected chi connectivity index (χ2v) is 2.92. The lowest BCUT2D eigenvalue weighted by molar-refractivity contribution is -0.403. The zero-order chi connectivity index (χ0) is 14.3. The van der Waals surface area contributed by atoms with E-state index in [4.69, 9.17) is 5.11 Å². The van der Waals surface area contributed by atoms with E-state index in [1.165, 1.54) is 0 Å². The third-order valence-electron chi connectivity index (χ3n) is 1.72. The Hall–Kier alpha value is -0.740. The molecule has 1 atom stereocenters.